The average molecular weight is 585 g/mol. The van der Waals surface area contributed by atoms with Gasteiger partial charge in [0.25, 0.3) is 5.56 Å². The van der Waals surface area contributed by atoms with E-state index in [2.05, 4.69) is 18.8 Å². The van der Waals surface area contributed by atoms with E-state index in [0.717, 1.165) is 16.7 Å². The smallest absolute Gasteiger partial charge is 0.338 e. The van der Waals surface area contributed by atoms with Gasteiger partial charge in [-0.1, -0.05) is 61.6 Å². The lowest BCUT2D eigenvalue weighted by Gasteiger charge is -2.25. The minimum absolute atomic E-state index is 0.214. The van der Waals surface area contributed by atoms with Crippen LogP contribution >= 0.6 is 11.3 Å². The van der Waals surface area contributed by atoms with Crippen molar-refractivity contribution < 1.29 is 23.5 Å². The van der Waals surface area contributed by atoms with E-state index >= 15 is 0 Å². The summed E-state index contributed by atoms with van der Waals surface area (Å²) in [6.45, 7) is 10.0. The van der Waals surface area contributed by atoms with Crippen LogP contribution in [0, 0.1) is 0 Å². The van der Waals surface area contributed by atoms with Crippen LogP contribution in [0.3, 0.4) is 0 Å². The van der Waals surface area contributed by atoms with Gasteiger partial charge in [0.05, 0.1) is 40.6 Å². The van der Waals surface area contributed by atoms with E-state index < -0.39 is 12.0 Å². The van der Waals surface area contributed by atoms with Gasteiger partial charge in [-0.25, -0.2) is 14.6 Å². The summed E-state index contributed by atoms with van der Waals surface area (Å²) in [7, 11) is 0. The maximum Gasteiger partial charge on any atom is 0.338 e. The number of hydrogen-bond acceptors (Lipinski definition) is 8. The minimum Gasteiger partial charge on any atom is -0.463 e. The molecule has 0 bridgehead atoms. The molecule has 5 rings (SSSR count). The molecule has 2 aromatic heterocycles. The number of rotatable bonds is 8. The maximum absolute atomic E-state index is 13.9. The first-order valence-corrected chi connectivity index (χ1v) is 14.7. The van der Waals surface area contributed by atoms with E-state index in [1.54, 1.807) is 61.7 Å². The number of thiazole rings is 1. The van der Waals surface area contributed by atoms with Crippen molar-refractivity contribution in [2.75, 3.05) is 13.2 Å². The number of furan rings is 1. The lowest BCUT2D eigenvalue weighted by molar-refractivity contribution is -0.139. The molecule has 3 heterocycles. The largest absolute Gasteiger partial charge is 0.463 e. The molecule has 9 heteroatoms. The van der Waals surface area contributed by atoms with Gasteiger partial charge >= 0.3 is 11.9 Å². The summed E-state index contributed by atoms with van der Waals surface area (Å²) < 4.78 is 18.5. The van der Waals surface area contributed by atoms with Gasteiger partial charge in [0, 0.05) is 11.6 Å². The molecule has 4 aromatic rings. The number of carbonyl (C=O) groups excluding carboxylic acids is 2. The molecule has 0 aliphatic carbocycles. The predicted octanol–water partition coefficient (Wildman–Crippen LogP) is 5.36. The number of hydrogen-bond donors (Lipinski definition) is 0. The highest BCUT2D eigenvalue weighted by molar-refractivity contribution is 7.07. The van der Waals surface area contributed by atoms with E-state index in [0.29, 0.717) is 50.2 Å². The van der Waals surface area contributed by atoms with Crippen LogP contribution < -0.4 is 14.9 Å². The van der Waals surface area contributed by atoms with Crippen molar-refractivity contribution in [3.8, 4) is 11.3 Å². The Hall–Kier alpha value is -4.50. The van der Waals surface area contributed by atoms with E-state index in [1.165, 1.54) is 11.3 Å². The van der Waals surface area contributed by atoms with Crippen molar-refractivity contribution in [3.63, 3.8) is 0 Å². The van der Waals surface area contributed by atoms with Crippen LogP contribution in [0.1, 0.15) is 73.8 Å². The molecule has 2 aromatic carbocycles. The number of ether oxygens (including phenoxy) is 2. The number of aromatic nitrogens is 1. The second-order valence-corrected chi connectivity index (χ2v) is 11.1. The molecule has 0 saturated heterocycles. The molecular formula is C33H32N2O6S. The topological polar surface area (TPSA) is 100 Å². The van der Waals surface area contributed by atoms with Gasteiger partial charge in [0.2, 0.25) is 0 Å². The standard InChI is InChI=1S/C33H32N2O6S/c1-6-39-31(37)24-14-10-22(11-15-24)26-17-16-25(41-26)18-27-30(36)35-29(23-12-8-21(9-13-23)19(3)4)28(32(38)40-7-2)20(5)34-33(35)42-27/h8-19,29H,6-7H2,1-5H3/b27-18-/t29-/m0/s1. The van der Waals surface area contributed by atoms with Crippen molar-refractivity contribution in [2.45, 2.75) is 46.6 Å². The van der Waals surface area contributed by atoms with E-state index in [4.69, 9.17) is 13.9 Å². The van der Waals surface area contributed by atoms with Crippen LogP contribution in [0.5, 0.6) is 0 Å². The van der Waals surface area contributed by atoms with Gasteiger partial charge in [0.15, 0.2) is 4.80 Å². The molecule has 0 fully saturated rings. The summed E-state index contributed by atoms with van der Waals surface area (Å²) in [5, 5.41) is 0. The molecule has 0 N–H and O–H groups in total. The van der Waals surface area contributed by atoms with Crippen LogP contribution in [0.15, 0.2) is 86.1 Å². The van der Waals surface area contributed by atoms with Gasteiger partial charge < -0.3 is 13.9 Å². The van der Waals surface area contributed by atoms with E-state index in [-0.39, 0.29) is 18.1 Å². The summed E-state index contributed by atoms with van der Waals surface area (Å²) >= 11 is 1.24. The van der Waals surface area contributed by atoms with Crippen molar-refractivity contribution in [1.29, 1.82) is 0 Å². The van der Waals surface area contributed by atoms with Gasteiger partial charge in [-0.2, -0.15) is 0 Å². The van der Waals surface area contributed by atoms with Crippen molar-refractivity contribution in [1.82, 2.24) is 4.57 Å². The summed E-state index contributed by atoms with van der Waals surface area (Å²) in [5.41, 5.74) is 3.79. The maximum atomic E-state index is 13.9. The van der Waals surface area contributed by atoms with Gasteiger partial charge in [-0.3, -0.25) is 9.36 Å². The van der Waals surface area contributed by atoms with Crippen LogP contribution in [-0.4, -0.2) is 29.7 Å². The first-order chi connectivity index (χ1) is 20.2. The highest BCUT2D eigenvalue weighted by Crippen LogP contribution is 2.31. The van der Waals surface area contributed by atoms with Gasteiger partial charge in [-0.05, 0) is 62.1 Å². The zero-order valence-electron chi connectivity index (χ0n) is 24.2. The minimum atomic E-state index is -0.672. The first-order valence-electron chi connectivity index (χ1n) is 13.9. The van der Waals surface area contributed by atoms with Crippen molar-refractivity contribution >= 4 is 29.4 Å². The number of fused-ring (bicyclic) bond motifs is 1. The summed E-state index contributed by atoms with van der Waals surface area (Å²) in [4.78, 5) is 44.1. The molecule has 1 atom stereocenters. The van der Waals surface area contributed by atoms with Gasteiger partial charge in [0.1, 0.15) is 11.5 Å². The normalized spacial score (nSPS) is 15.0. The van der Waals surface area contributed by atoms with Crippen molar-refractivity contribution in [2.24, 2.45) is 4.99 Å². The molecule has 0 radical (unpaired) electrons. The molecule has 1 aliphatic heterocycles. The zero-order chi connectivity index (χ0) is 30.0. The Morgan fingerprint density at radius 2 is 1.64 bits per heavy atom. The Morgan fingerprint density at radius 3 is 2.29 bits per heavy atom. The Kier molecular flexibility index (Phi) is 8.40. The number of esters is 2. The number of allylic oxidation sites excluding steroid dienone is 1. The molecule has 42 heavy (non-hydrogen) atoms. The van der Waals surface area contributed by atoms with Crippen LogP contribution in [-0.2, 0) is 14.3 Å². The van der Waals surface area contributed by atoms with Crippen molar-refractivity contribution in [3.05, 3.63) is 114 Å². The van der Waals surface area contributed by atoms with E-state index in [9.17, 15) is 14.4 Å². The molecule has 0 amide bonds. The molecular weight excluding hydrogens is 552 g/mol. The molecule has 0 unspecified atom stereocenters. The zero-order valence-corrected chi connectivity index (χ0v) is 25.0. The Bertz CT molecular complexity index is 1840. The average Bonchev–Trinajstić information content (AvgIpc) is 3.57. The third-order valence-electron chi connectivity index (χ3n) is 7.02. The molecule has 216 valence electrons. The number of benzene rings is 2. The molecule has 1 aliphatic rings. The first kappa shape index (κ1) is 29.0. The Labute approximate surface area is 247 Å². The summed E-state index contributed by atoms with van der Waals surface area (Å²) in [5.74, 6) is 0.555. The van der Waals surface area contributed by atoms with E-state index in [1.807, 2.05) is 30.3 Å². The van der Waals surface area contributed by atoms with Gasteiger partial charge in [-0.15, -0.1) is 0 Å². The highest BCUT2D eigenvalue weighted by atomic mass is 32.1. The Morgan fingerprint density at radius 1 is 0.976 bits per heavy atom. The van der Waals surface area contributed by atoms with Crippen LogP contribution in [0.4, 0.5) is 0 Å². The lowest BCUT2D eigenvalue weighted by atomic mass is 9.93. The fourth-order valence-corrected chi connectivity index (χ4v) is 5.90. The number of carbonyl (C=O) groups is 2. The predicted molar refractivity (Wildman–Crippen MR) is 161 cm³/mol. The van der Waals surface area contributed by atoms with Crippen LogP contribution in [0.25, 0.3) is 17.4 Å². The second kappa shape index (κ2) is 12.2. The fraction of sp³-hybridized carbons (Fsp3) is 0.273. The highest BCUT2D eigenvalue weighted by Gasteiger charge is 2.33. The third-order valence-corrected chi connectivity index (χ3v) is 8.00. The third kappa shape index (κ3) is 5.65. The van der Waals surface area contributed by atoms with Crippen LogP contribution in [0.2, 0.25) is 0 Å². The fourth-order valence-electron chi connectivity index (χ4n) is 4.87. The Balaban J connectivity index is 1.55. The lowest BCUT2D eigenvalue weighted by Crippen LogP contribution is -2.39. The molecule has 0 saturated carbocycles. The quantitative estimate of drug-likeness (QED) is 0.259. The monoisotopic (exact) mass is 584 g/mol. The summed E-state index contributed by atoms with van der Waals surface area (Å²) in [6.07, 6.45) is 1.68. The molecule has 0 spiro atoms. The summed E-state index contributed by atoms with van der Waals surface area (Å²) in [6, 6.07) is 17.8. The second-order valence-electron chi connectivity index (χ2n) is 10.1. The molecule has 8 nitrogen and oxygen atoms in total. The number of nitrogens with zero attached hydrogens (tertiary/aromatic N) is 2. The SMILES string of the molecule is CCOC(=O)C1=C(C)N=c2s/c(=C\c3ccc(-c4ccc(C(=O)OCC)cc4)o3)c(=O)n2[C@H]1c1ccc(C(C)C)cc1.